The molecule has 3 aromatic rings. The average Bonchev–Trinajstić information content (AvgIpc) is 2.59. The molecule has 0 radical (unpaired) electrons. The molecular formula is C18H15ClN2O3. The van der Waals surface area contributed by atoms with E-state index in [1.54, 1.807) is 24.3 Å². The van der Waals surface area contributed by atoms with Crippen LogP contribution in [0.3, 0.4) is 0 Å². The lowest BCUT2D eigenvalue weighted by molar-refractivity contribution is 0.355. The number of halogens is 1. The Bertz CT molecular complexity index is 980. The molecule has 1 aromatic heterocycles. The van der Waals surface area contributed by atoms with Gasteiger partial charge in [0.05, 0.1) is 25.1 Å². The fourth-order valence-electron chi connectivity index (χ4n) is 2.35. The lowest BCUT2D eigenvalue weighted by Gasteiger charge is -2.08. The SMILES string of the molecule is COc1cc2nc(C=Cc3cccc(Cl)c3)[nH]c(=O)c2cc1OC. The fraction of sp³-hybridized carbons (Fsp3) is 0.111. The quantitative estimate of drug-likeness (QED) is 0.784. The summed E-state index contributed by atoms with van der Waals surface area (Å²) in [6.45, 7) is 0. The average molecular weight is 343 g/mol. The topological polar surface area (TPSA) is 64.2 Å². The molecule has 122 valence electrons. The minimum atomic E-state index is -0.244. The van der Waals surface area contributed by atoms with Crippen LogP contribution in [0.5, 0.6) is 11.5 Å². The monoisotopic (exact) mass is 342 g/mol. The molecule has 0 aliphatic heterocycles. The zero-order valence-corrected chi connectivity index (χ0v) is 13.9. The van der Waals surface area contributed by atoms with E-state index in [0.29, 0.717) is 33.2 Å². The number of rotatable bonds is 4. The van der Waals surface area contributed by atoms with Crippen molar-refractivity contribution in [3.63, 3.8) is 0 Å². The van der Waals surface area contributed by atoms with Crippen molar-refractivity contribution in [3.05, 3.63) is 63.2 Å². The summed E-state index contributed by atoms with van der Waals surface area (Å²) in [5.41, 5.74) is 1.20. The first-order valence-electron chi connectivity index (χ1n) is 7.20. The van der Waals surface area contributed by atoms with Crippen molar-refractivity contribution in [1.82, 2.24) is 9.97 Å². The van der Waals surface area contributed by atoms with Gasteiger partial charge in [-0.1, -0.05) is 29.8 Å². The van der Waals surface area contributed by atoms with Crippen LogP contribution in [-0.4, -0.2) is 24.2 Å². The number of hydrogen-bond donors (Lipinski definition) is 1. The number of aromatic amines is 1. The summed E-state index contributed by atoms with van der Waals surface area (Å²) in [7, 11) is 3.06. The van der Waals surface area contributed by atoms with E-state index in [1.165, 1.54) is 14.2 Å². The molecule has 0 saturated carbocycles. The van der Waals surface area contributed by atoms with Crippen molar-refractivity contribution >= 4 is 34.7 Å². The number of fused-ring (bicyclic) bond motifs is 1. The minimum absolute atomic E-state index is 0.244. The van der Waals surface area contributed by atoms with Gasteiger partial charge in [0.25, 0.3) is 5.56 Å². The molecule has 0 saturated heterocycles. The maximum atomic E-state index is 12.3. The van der Waals surface area contributed by atoms with E-state index in [0.717, 1.165) is 5.56 Å². The number of benzene rings is 2. The molecule has 2 aromatic carbocycles. The molecule has 0 aliphatic rings. The molecule has 6 heteroatoms. The lowest BCUT2D eigenvalue weighted by Crippen LogP contribution is -2.10. The van der Waals surface area contributed by atoms with E-state index >= 15 is 0 Å². The molecule has 0 spiro atoms. The first-order chi connectivity index (χ1) is 11.6. The summed E-state index contributed by atoms with van der Waals surface area (Å²) in [6, 6.07) is 10.7. The third-order valence-electron chi connectivity index (χ3n) is 3.51. The number of aromatic nitrogens is 2. The minimum Gasteiger partial charge on any atom is -0.493 e. The summed E-state index contributed by atoms with van der Waals surface area (Å²) in [6.07, 6.45) is 3.56. The highest BCUT2D eigenvalue weighted by molar-refractivity contribution is 6.30. The van der Waals surface area contributed by atoms with Crippen LogP contribution in [0.1, 0.15) is 11.4 Å². The van der Waals surface area contributed by atoms with E-state index in [9.17, 15) is 4.79 Å². The highest BCUT2D eigenvalue weighted by Gasteiger charge is 2.10. The predicted octanol–water partition coefficient (Wildman–Crippen LogP) is 3.76. The smallest absolute Gasteiger partial charge is 0.259 e. The summed E-state index contributed by atoms with van der Waals surface area (Å²) in [4.78, 5) is 19.5. The number of nitrogens with zero attached hydrogens (tertiary/aromatic N) is 1. The molecular weight excluding hydrogens is 328 g/mol. The van der Waals surface area contributed by atoms with Gasteiger partial charge in [-0.15, -0.1) is 0 Å². The van der Waals surface area contributed by atoms with Gasteiger partial charge < -0.3 is 14.5 Å². The normalized spacial score (nSPS) is 11.1. The van der Waals surface area contributed by atoms with Gasteiger partial charge >= 0.3 is 0 Å². The highest BCUT2D eigenvalue weighted by Crippen LogP contribution is 2.29. The number of hydrogen-bond acceptors (Lipinski definition) is 4. The number of nitrogens with one attached hydrogen (secondary N) is 1. The van der Waals surface area contributed by atoms with Gasteiger partial charge in [-0.25, -0.2) is 4.98 Å². The lowest BCUT2D eigenvalue weighted by atomic mass is 10.2. The van der Waals surface area contributed by atoms with Gasteiger partial charge in [0.15, 0.2) is 11.5 Å². The summed E-state index contributed by atoms with van der Waals surface area (Å²) in [5, 5.41) is 1.08. The molecule has 0 bridgehead atoms. The van der Waals surface area contributed by atoms with Crippen molar-refractivity contribution in [2.24, 2.45) is 0 Å². The van der Waals surface area contributed by atoms with Crippen LogP contribution < -0.4 is 15.0 Å². The Balaban J connectivity index is 2.05. The van der Waals surface area contributed by atoms with Gasteiger partial charge in [0.2, 0.25) is 0 Å². The van der Waals surface area contributed by atoms with Crippen molar-refractivity contribution in [2.45, 2.75) is 0 Å². The Morgan fingerprint density at radius 2 is 1.83 bits per heavy atom. The van der Waals surface area contributed by atoms with Crippen molar-refractivity contribution in [3.8, 4) is 11.5 Å². The summed E-state index contributed by atoms with van der Waals surface area (Å²) < 4.78 is 10.5. The van der Waals surface area contributed by atoms with E-state index in [-0.39, 0.29) is 5.56 Å². The van der Waals surface area contributed by atoms with Gasteiger partial charge in [-0.05, 0) is 29.8 Å². The zero-order valence-electron chi connectivity index (χ0n) is 13.2. The molecule has 24 heavy (non-hydrogen) atoms. The van der Waals surface area contributed by atoms with Gasteiger partial charge in [0, 0.05) is 11.1 Å². The number of H-pyrrole nitrogens is 1. The van der Waals surface area contributed by atoms with Crippen molar-refractivity contribution in [1.29, 1.82) is 0 Å². The standard InChI is InChI=1S/C18H15ClN2O3/c1-23-15-9-13-14(10-16(15)24-2)20-17(21-18(13)22)7-6-11-4-3-5-12(19)8-11/h3-10H,1-2H3,(H,20,21,22). The molecule has 3 rings (SSSR count). The summed E-state index contributed by atoms with van der Waals surface area (Å²) >= 11 is 5.96. The Morgan fingerprint density at radius 3 is 2.54 bits per heavy atom. The third kappa shape index (κ3) is 3.26. The Hall–Kier alpha value is -2.79. The van der Waals surface area contributed by atoms with Crippen LogP contribution in [0.2, 0.25) is 5.02 Å². The molecule has 0 fully saturated rings. The molecule has 1 N–H and O–H groups in total. The van der Waals surface area contributed by atoms with E-state index in [1.807, 2.05) is 24.3 Å². The largest absolute Gasteiger partial charge is 0.493 e. The number of ether oxygens (including phenoxy) is 2. The fourth-order valence-corrected chi connectivity index (χ4v) is 2.55. The van der Waals surface area contributed by atoms with Crippen LogP contribution >= 0.6 is 11.6 Å². The van der Waals surface area contributed by atoms with E-state index in [4.69, 9.17) is 21.1 Å². The number of methoxy groups -OCH3 is 2. The second-order valence-corrected chi connectivity index (χ2v) is 5.50. The molecule has 5 nitrogen and oxygen atoms in total. The molecule has 0 amide bonds. The third-order valence-corrected chi connectivity index (χ3v) is 3.75. The summed E-state index contributed by atoms with van der Waals surface area (Å²) in [5.74, 6) is 1.45. The van der Waals surface area contributed by atoms with Gasteiger partial charge in [-0.3, -0.25) is 4.79 Å². The van der Waals surface area contributed by atoms with Crippen LogP contribution in [0.15, 0.2) is 41.2 Å². The maximum Gasteiger partial charge on any atom is 0.259 e. The zero-order chi connectivity index (χ0) is 17.1. The van der Waals surface area contributed by atoms with Crippen LogP contribution in [-0.2, 0) is 0 Å². The first-order valence-corrected chi connectivity index (χ1v) is 7.58. The van der Waals surface area contributed by atoms with Crippen LogP contribution in [0.4, 0.5) is 0 Å². The van der Waals surface area contributed by atoms with Gasteiger partial charge in [0.1, 0.15) is 5.82 Å². The second kappa shape index (κ2) is 6.76. The van der Waals surface area contributed by atoms with E-state index in [2.05, 4.69) is 9.97 Å². The van der Waals surface area contributed by atoms with Gasteiger partial charge in [-0.2, -0.15) is 0 Å². The highest BCUT2D eigenvalue weighted by atomic mass is 35.5. The second-order valence-electron chi connectivity index (χ2n) is 5.06. The Morgan fingerprint density at radius 1 is 1.08 bits per heavy atom. The predicted molar refractivity (Wildman–Crippen MR) is 95.8 cm³/mol. The Labute approximate surface area is 143 Å². The van der Waals surface area contributed by atoms with Crippen molar-refractivity contribution < 1.29 is 9.47 Å². The van der Waals surface area contributed by atoms with E-state index < -0.39 is 0 Å². The Kier molecular flexibility index (Phi) is 4.53. The molecule has 0 atom stereocenters. The molecule has 0 aliphatic carbocycles. The molecule has 0 unspecified atom stereocenters. The van der Waals surface area contributed by atoms with Crippen LogP contribution in [0, 0.1) is 0 Å². The molecule has 1 heterocycles. The first kappa shape index (κ1) is 16.1. The maximum absolute atomic E-state index is 12.3. The van der Waals surface area contributed by atoms with Crippen molar-refractivity contribution in [2.75, 3.05) is 14.2 Å². The van der Waals surface area contributed by atoms with Crippen LogP contribution in [0.25, 0.3) is 23.1 Å².